The summed E-state index contributed by atoms with van der Waals surface area (Å²) in [6, 6.07) is 12.9. The van der Waals surface area contributed by atoms with Gasteiger partial charge in [-0.25, -0.2) is 9.50 Å². The third-order valence-corrected chi connectivity index (χ3v) is 5.73. The molecule has 4 aromatic heterocycles. The van der Waals surface area contributed by atoms with Crippen LogP contribution >= 0.6 is 11.3 Å². The molecule has 1 fully saturated rings. The highest BCUT2D eigenvalue weighted by Crippen LogP contribution is 2.37. The van der Waals surface area contributed by atoms with E-state index in [2.05, 4.69) is 42.4 Å². The maximum absolute atomic E-state index is 4.39. The van der Waals surface area contributed by atoms with Gasteiger partial charge in [0.2, 0.25) is 17.4 Å². The van der Waals surface area contributed by atoms with Crippen molar-refractivity contribution in [3.05, 3.63) is 66.8 Å². The molecule has 6 rings (SSSR count). The van der Waals surface area contributed by atoms with Crippen molar-refractivity contribution in [1.29, 1.82) is 0 Å². The Kier molecular flexibility index (Phi) is 3.66. The van der Waals surface area contributed by atoms with Gasteiger partial charge in [0.05, 0.1) is 17.6 Å². The van der Waals surface area contributed by atoms with E-state index < -0.39 is 0 Å². The molecule has 9 heteroatoms. The van der Waals surface area contributed by atoms with Gasteiger partial charge in [-0.1, -0.05) is 28.1 Å². The van der Waals surface area contributed by atoms with Crippen LogP contribution in [0.5, 0.6) is 0 Å². The van der Waals surface area contributed by atoms with Crippen LogP contribution in [0.3, 0.4) is 0 Å². The molecule has 0 unspecified atom stereocenters. The molecule has 0 atom stereocenters. The van der Waals surface area contributed by atoms with Crippen molar-refractivity contribution in [2.75, 3.05) is 5.43 Å². The Morgan fingerprint density at radius 2 is 2.00 bits per heavy atom. The van der Waals surface area contributed by atoms with Crippen LogP contribution in [0.1, 0.15) is 18.9 Å². The molecule has 1 aromatic carbocycles. The van der Waals surface area contributed by atoms with Crippen LogP contribution in [0.2, 0.25) is 0 Å². The highest BCUT2D eigenvalue weighted by molar-refractivity contribution is 7.14. The van der Waals surface area contributed by atoms with Crippen molar-refractivity contribution < 1.29 is 4.68 Å². The fourth-order valence-electron chi connectivity index (χ4n) is 3.45. The van der Waals surface area contributed by atoms with Gasteiger partial charge in [0.1, 0.15) is 11.8 Å². The van der Waals surface area contributed by atoms with E-state index in [0.29, 0.717) is 6.04 Å². The summed E-state index contributed by atoms with van der Waals surface area (Å²) in [7, 11) is 0. The predicted molar refractivity (Wildman–Crippen MR) is 109 cm³/mol. The number of rotatable bonds is 5. The summed E-state index contributed by atoms with van der Waals surface area (Å²) in [5, 5.41) is 12.8. The Balaban J connectivity index is 1.26. The Labute approximate surface area is 170 Å². The average Bonchev–Trinajstić information content (AvgIpc) is 3.15. The quantitative estimate of drug-likeness (QED) is 0.458. The molecule has 29 heavy (non-hydrogen) atoms. The molecule has 1 aliphatic carbocycles. The van der Waals surface area contributed by atoms with Gasteiger partial charge in [-0.2, -0.15) is 10.5 Å². The SMILES string of the molecule is c1cc(N[n+]2ccc(-c3cnc4scnn34)cc2)cc(-c2nncn2C2CC2)c1. The highest BCUT2D eigenvalue weighted by Gasteiger charge is 2.26. The van der Waals surface area contributed by atoms with Crippen LogP contribution in [0.4, 0.5) is 5.69 Å². The minimum atomic E-state index is 0.547. The normalized spacial score (nSPS) is 13.8. The first kappa shape index (κ1) is 16.4. The molecule has 0 bridgehead atoms. The third-order valence-electron chi connectivity index (χ3n) is 5.04. The number of anilines is 1. The van der Waals surface area contributed by atoms with Crippen LogP contribution in [0.15, 0.2) is 66.8 Å². The molecule has 0 radical (unpaired) electrons. The lowest BCUT2D eigenvalue weighted by Crippen LogP contribution is -2.41. The minimum Gasteiger partial charge on any atom is -0.310 e. The molecule has 1 aliphatic rings. The van der Waals surface area contributed by atoms with Gasteiger partial charge in [-0.05, 0) is 25.0 Å². The first-order valence-electron chi connectivity index (χ1n) is 9.41. The van der Waals surface area contributed by atoms with Crippen LogP contribution in [0, 0.1) is 0 Å². The minimum absolute atomic E-state index is 0.547. The van der Waals surface area contributed by atoms with Crippen LogP contribution < -0.4 is 10.1 Å². The lowest BCUT2D eigenvalue weighted by Gasteiger charge is -2.06. The zero-order valence-electron chi connectivity index (χ0n) is 15.4. The van der Waals surface area contributed by atoms with Crippen molar-refractivity contribution >= 4 is 22.0 Å². The van der Waals surface area contributed by atoms with E-state index in [1.165, 1.54) is 24.2 Å². The number of nitrogens with zero attached hydrogens (tertiary/aromatic N) is 7. The zero-order valence-corrected chi connectivity index (χ0v) is 16.2. The molecule has 0 saturated heterocycles. The first-order valence-corrected chi connectivity index (χ1v) is 10.3. The molecule has 1 N–H and O–H groups in total. The van der Waals surface area contributed by atoms with E-state index >= 15 is 0 Å². The second kappa shape index (κ2) is 6.49. The predicted octanol–water partition coefficient (Wildman–Crippen LogP) is 3.21. The standard InChI is InChI=1S/C20H17N8S/c1-2-15(19-24-22-12-27(19)17-4-5-17)10-16(3-1)25-26-8-6-14(7-9-26)18-11-21-20-28(18)23-13-29-20/h1-3,6-13,17,25H,4-5H2/q+1. The van der Waals surface area contributed by atoms with Crippen molar-refractivity contribution in [2.45, 2.75) is 18.9 Å². The molecular weight excluding hydrogens is 384 g/mol. The Morgan fingerprint density at radius 3 is 2.86 bits per heavy atom. The summed E-state index contributed by atoms with van der Waals surface area (Å²) in [5.74, 6) is 0.921. The molecule has 0 spiro atoms. The van der Waals surface area contributed by atoms with Crippen LogP contribution in [-0.2, 0) is 0 Å². The molecule has 142 valence electrons. The number of hydrogen-bond donors (Lipinski definition) is 1. The lowest BCUT2D eigenvalue weighted by atomic mass is 10.2. The van der Waals surface area contributed by atoms with Gasteiger partial charge in [-0.15, -0.1) is 10.2 Å². The van der Waals surface area contributed by atoms with E-state index in [-0.39, 0.29) is 0 Å². The monoisotopic (exact) mass is 401 g/mol. The van der Waals surface area contributed by atoms with Crippen molar-refractivity contribution in [1.82, 2.24) is 29.4 Å². The Morgan fingerprint density at radius 1 is 1.10 bits per heavy atom. The van der Waals surface area contributed by atoms with Gasteiger partial charge >= 0.3 is 0 Å². The van der Waals surface area contributed by atoms with E-state index in [0.717, 1.165) is 33.3 Å². The molecule has 0 aliphatic heterocycles. The largest absolute Gasteiger partial charge is 0.310 e. The topological polar surface area (TPSA) is 76.8 Å². The van der Waals surface area contributed by atoms with Gasteiger partial charge in [0.15, 0.2) is 5.82 Å². The van der Waals surface area contributed by atoms with Crippen molar-refractivity contribution in [3.63, 3.8) is 0 Å². The number of aromatic nitrogens is 7. The summed E-state index contributed by atoms with van der Waals surface area (Å²) < 4.78 is 5.95. The summed E-state index contributed by atoms with van der Waals surface area (Å²) >= 11 is 1.53. The van der Waals surface area contributed by atoms with Gasteiger partial charge in [0.25, 0.3) is 0 Å². The summed E-state index contributed by atoms with van der Waals surface area (Å²) in [5.41, 5.74) is 9.28. The van der Waals surface area contributed by atoms with Crippen LogP contribution in [-0.4, -0.2) is 29.4 Å². The van der Waals surface area contributed by atoms with E-state index in [4.69, 9.17) is 0 Å². The summed E-state index contributed by atoms with van der Waals surface area (Å²) in [6.07, 6.45) is 10.1. The third kappa shape index (κ3) is 2.95. The van der Waals surface area contributed by atoms with Crippen molar-refractivity contribution in [3.8, 4) is 22.6 Å². The Bertz CT molecular complexity index is 1300. The summed E-state index contributed by atoms with van der Waals surface area (Å²) in [6.45, 7) is 0. The number of imidazole rings is 1. The first-order chi connectivity index (χ1) is 14.3. The zero-order chi connectivity index (χ0) is 19.2. The maximum atomic E-state index is 4.39. The molecule has 0 amide bonds. The number of nitrogens with one attached hydrogen (secondary N) is 1. The summed E-state index contributed by atoms with van der Waals surface area (Å²) in [4.78, 5) is 5.28. The molecular formula is C20H17N8S+. The molecule has 8 nitrogen and oxygen atoms in total. The van der Waals surface area contributed by atoms with Crippen molar-refractivity contribution in [2.24, 2.45) is 0 Å². The van der Waals surface area contributed by atoms with Crippen LogP contribution in [0.25, 0.3) is 27.6 Å². The van der Waals surface area contributed by atoms with E-state index in [9.17, 15) is 0 Å². The highest BCUT2D eigenvalue weighted by atomic mass is 32.1. The van der Waals surface area contributed by atoms with Gasteiger partial charge in [-0.3, -0.25) is 0 Å². The number of hydrogen-bond acceptors (Lipinski definition) is 6. The number of pyridine rings is 1. The second-order valence-electron chi connectivity index (χ2n) is 7.06. The number of benzene rings is 1. The van der Waals surface area contributed by atoms with Gasteiger partial charge in [0, 0.05) is 29.3 Å². The molecule has 5 aromatic rings. The maximum Gasteiger partial charge on any atom is 0.212 e. The second-order valence-corrected chi connectivity index (χ2v) is 7.87. The van der Waals surface area contributed by atoms with E-state index in [1.54, 1.807) is 5.51 Å². The van der Waals surface area contributed by atoms with E-state index in [1.807, 2.05) is 58.4 Å². The average molecular weight is 401 g/mol. The molecule has 4 heterocycles. The Hall–Kier alpha value is -3.59. The fourth-order valence-corrected chi connectivity index (χ4v) is 4.05. The smallest absolute Gasteiger partial charge is 0.212 e. The molecule has 1 saturated carbocycles. The fraction of sp³-hybridized carbons (Fsp3) is 0.150. The lowest BCUT2D eigenvalue weighted by molar-refractivity contribution is -0.642. The number of fused-ring (bicyclic) bond motifs is 1. The van der Waals surface area contributed by atoms with Gasteiger partial charge < -0.3 is 4.57 Å².